The number of hydrogen-bond donors (Lipinski definition) is 0. The lowest BCUT2D eigenvalue weighted by molar-refractivity contribution is 0.295. The van der Waals surface area contributed by atoms with Gasteiger partial charge in [-0.15, -0.1) is 0 Å². The quantitative estimate of drug-likeness (QED) is 0.628. The Balaban J connectivity index is 1.89. The molecule has 120 valence electrons. The van der Waals surface area contributed by atoms with Gasteiger partial charge >= 0.3 is 0 Å². The first-order chi connectivity index (χ1) is 11.6. The zero-order valence-electron chi connectivity index (χ0n) is 14.5. The van der Waals surface area contributed by atoms with Crippen molar-refractivity contribution in [2.24, 2.45) is 0 Å². The molecule has 3 heterocycles. The average Bonchev–Trinajstić information content (AvgIpc) is 3.04. The lowest BCUT2D eigenvalue weighted by atomic mass is 9.90. The van der Waals surface area contributed by atoms with Gasteiger partial charge in [0.15, 0.2) is 0 Å². The number of rotatable bonds is 1. The standard InChI is InChI=1S/C22H22N2/c1-14-9-10-20-17(11-14)19-13-23(3)12-18-15(2)21(24(20)22(18)19)16-7-5-4-6-8-16/h4-11,18H,12-13H2,1-3H3. The predicted molar refractivity (Wildman–Crippen MR) is 100 cm³/mol. The zero-order valence-corrected chi connectivity index (χ0v) is 14.5. The van der Waals surface area contributed by atoms with Gasteiger partial charge in [0.2, 0.25) is 0 Å². The van der Waals surface area contributed by atoms with Gasteiger partial charge in [-0.25, -0.2) is 0 Å². The monoisotopic (exact) mass is 314 g/mol. The summed E-state index contributed by atoms with van der Waals surface area (Å²) in [5, 5.41) is 1.43. The van der Waals surface area contributed by atoms with E-state index in [1.165, 1.54) is 44.6 Å². The molecule has 0 bridgehead atoms. The van der Waals surface area contributed by atoms with E-state index in [9.17, 15) is 0 Å². The van der Waals surface area contributed by atoms with E-state index in [0.717, 1.165) is 13.1 Å². The van der Waals surface area contributed by atoms with Crippen LogP contribution in [0.3, 0.4) is 0 Å². The summed E-state index contributed by atoms with van der Waals surface area (Å²) in [5.41, 5.74) is 9.99. The number of aryl methyl sites for hydroxylation is 1. The van der Waals surface area contributed by atoms with Crippen molar-refractivity contribution >= 4 is 16.6 Å². The zero-order chi connectivity index (χ0) is 16.4. The second kappa shape index (κ2) is 4.84. The van der Waals surface area contributed by atoms with Crippen molar-refractivity contribution in [3.8, 4) is 0 Å². The highest BCUT2D eigenvalue weighted by molar-refractivity contribution is 5.94. The molecule has 0 aliphatic carbocycles. The van der Waals surface area contributed by atoms with Crippen LogP contribution in [0.25, 0.3) is 16.6 Å². The van der Waals surface area contributed by atoms with Crippen molar-refractivity contribution in [1.29, 1.82) is 0 Å². The van der Waals surface area contributed by atoms with Crippen molar-refractivity contribution in [3.05, 3.63) is 76.5 Å². The molecule has 24 heavy (non-hydrogen) atoms. The third kappa shape index (κ3) is 1.75. The Labute approximate surface area is 143 Å². The summed E-state index contributed by atoms with van der Waals surface area (Å²) >= 11 is 0. The van der Waals surface area contributed by atoms with Crippen LogP contribution >= 0.6 is 0 Å². The molecule has 1 aromatic heterocycles. The molecule has 0 N–H and O–H groups in total. The molecular formula is C22H22N2. The van der Waals surface area contributed by atoms with Crippen molar-refractivity contribution < 1.29 is 0 Å². The molecule has 2 nitrogen and oxygen atoms in total. The Morgan fingerprint density at radius 1 is 1.00 bits per heavy atom. The Bertz CT molecular complexity index is 992. The highest BCUT2D eigenvalue weighted by Crippen LogP contribution is 2.48. The molecule has 0 radical (unpaired) electrons. The number of fused-ring (bicyclic) bond motifs is 3. The fraction of sp³-hybridized carbons (Fsp3) is 0.273. The molecule has 0 spiro atoms. The number of benzene rings is 2. The lowest BCUT2D eigenvalue weighted by Gasteiger charge is -2.28. The topological polar surface area (TPSA) is 8.17 Å². The van der Waals surface area contributed by atoms with Crippen LogP contribution in [0.15, 0.2) is 54.1 Å². The van der Waals surface area contributed by atoms with Crippen molar-refractivity contribution in [1.82, 2.24) is 9.47 Å². The van der Waals surface area contributed by atoms with E-state index in [1.807, 2.05) is 0 Å². The molecule has 1 atom stereocenters. The Hall–Kier alpha value is -2.32. The molecule has 3 aromatic rings. The molecular weight excluding hydrogens is 292 g/mol. The Morgan fingerprint density at radius 3 is 2.58 bits per heavy atom. The van der Waals surface area contributed by atoms with Gasteiger partial charge in [0.25, 0.3) is 0 Å². The van der Waals surface area contributed by atoms with Crippen LogP contribution in [0.4, 0.5) is 0 Å². The van der Waals surface area contributed by atoms with Gasteiger partial charge in [0.1, 0.15) is 0 Å². The third-order valence-electron chi connectivity index (χ3n) is 5.69. The molecule has 2 aromatic carbocycles. The molecule has 2 aliphatic rings. The van der Waals surface area contributed by atoms with Gasteiger partial charge in [-0.2, -0.15) is 0 Å². The highest BCUT2D eigenvalue weighted by atomic mass is 15.1. The maximum atomic E-state index is 2.55. The van der Waals surface area contributed by atoms with Crippen LogP contribution in [0.1, 0.15) is 35.2 Å². The predicted octanol–water partition coefficient (Wildman–Crippen LogP) is 4.77. The minimum Gasteiger partial charge on any atom is -0.312 e. The van der Waals surface area contributed by atoms with Gasteiger partial charge in [0, 0.05) is 30.1 Å². The van der Waals surface area contributed by atoms with Crippen LogP contribution < -0.4 is 0 Å². The first kappa shape index (κ1) is 14.1. The minimum atomic E-state index is 0.515. The van der Waals surface area contributed by atoms with E-state index in [0.29, 0.717) is 5.92 Å². The van der Waals surface area contributed by atoms with Gasteiger partial charge in [0.05, 0.1) is 11.2 Å². The number of likely N-dealkylation sites (N-methyl/N-ethyl adjacent to an activating group) is 1. The molecule has 0 saturated heterocycles. The molecule has 2 aliphatic heterocycles. The number of aromatic nitrogens is 1. The molecule has 0 saturated carbocycles. The lowest BCUT2D eigenvalue weighted by Crippen LogP contribution is -2.29. The Kier molecular flexibility index (Phi) is 2.84. The molecule has 0 fully saturated rings. The van der Waals surface area contributed by atoms with Crippen LogP contribution in [-0.2, 0) is 6.54 Å². The van der Waals surface area contributed by atoms with Crippen molar-refractivity contribution in [3.63, 3.8) is 0 Å². The van der Waals surface area contributed by atoms with Crippen molar-refractivity contribution in [2.45, 2.75) is 26.3 Å². The van der Waals surface area contributed by atoms with Gasteiger partial charge in [-0.05, 0) is 49.7 Å². The van der Waals surface area contributed by atoms with Crippen LogP contribution in [-0.4, -0.2) is 23.1 Å². The van der Waals surface area contributed by atoms with Crippen molar-refractivity contribution in [2.75, 3.05) is 13.6 Å². The average molecular weight is 314 g/mol. The van der Waals surface area contributed by atoms with E-state index in [4.69, 9.17) is 0 Å². The van der Waals surface area contributed by atoms with E-state index in [1.54, 1.807) is 0 Å². The number of hydrogen-bond acceptors (Lipinski definition) is 1. The van der Waals surface area contributed by atoms with E-state index in [-0.39, 0.29) is 0 Å². The maximum Gasteiger partial charge on any atom is 0.0535 e. The maximum absolute atomic E-state index is 2.55. The second-order valence-electron chi connectivity index (χ2n) is 7.37. The molecule has 5 rings (SSSR count). The highest BCUT2D eigenvalue weighted by Gasteiger charge is 2.38. The number of nitrogens with zero attached hydrogens (tertiary/aromatic N) is 2. The summed E-state index contributed by atoms with van der Waals surface area (Å²) in [7, 11) is 2.25. The second-order valence-corrected chi connectivity index (χ2v) is 7.37. The van der Waals surface area contributed by atoms with Gasteiger partial charge in [-0.3, -0.25) is 0 Å². The SMILES string of the molecule is CC1=C(c2ccccc2)n2c3c(c4cc(C)ccc42)CN(C)CC13. The molecule has 2 heteroatoms. The van der Waals surface area contributed by atoms with E-state index < -0.39 is 0 Å². The smallest absolute Gasteiger partial charge is 0.0535 e. The summed E-state index contributed by atoms with van der Waals surface area (Å²) < 4.78 is 2.55. The largest absolute Gasteiger partial charge is 0.312 e. The minimum absolute atomic E-state index is 0.515. The fourth-order valence-electron chi connectivity index (χ4n) is 4.63. The van der Waals surface area contributed by atoms with Crippen LogP contribution in [0.5, 0.6) is 0 Å². The summed E-state index contributed by atoms with van der Waals surface area (Å²) in [6.45, 7) is 6.68. The van der Waals surface area contributed by atoms with Crippen LogP contribution in [0.2, 0.25) is 0 Å². The van der Waals surface area contributed by atoms with Gasteiger partial charge in [-0.1, -0.05) is 42.0 Å². The third-order valence-corrected chi connectivity index (χ3v) is 5.69. The molecule has 0 amide bonds. The van der Waals surface area contributed by atoms with E-state index >= 15 is 0 Å². The Morgan fingerprint density at radius 2 is 1.79 bits per heavy atom. The molecule has 1 unspecified atom stereocenters. The summed E-state index contributed by atoms with van der Waals surface area (Å²) in [5.74, 6) is 0.515. The fourth-order valence-corrected chi connectivity index (χ4v) is 4.63. The normalized spacial score (nSPS) is 20.0. The summed E-state index contributed by atoms with van der Waals surface area (Å²) in [4.78, 5) is 2.47. The summed E-state index contributed by atoms with van der Waals surface area (Å²) in [6.07, 6.45) is 0. The first-order valence-electron chi connectivity index (χ1n) is 8.74. The first-order valence-corrected chi connectivity index (χ1v) is 8.74. The summed E-state index contributed by atoms with van der Waals surface area (Å²) in [6, 6.07) is 17.8. The van der Waals surface area contributed by atoms with E-state index in [2.05, 4.69) is 78.9 Å². The van der Waals surface area contributed by atoms with Crippen LogP contribution in [0, 0.1) is 6.92 Å². The van der Waals surface area contributed by atoms with Gasteiger partial charge < -0.3 is 9.47 Å².